The van der Waals surface area contributed by atoms with Crippen molar-refractivity contribution in [2.45, 2.75) is 43.4 Å². The largest absolute Gasteiger partial charge is 0.522 e. The SMILES string of the molecule is O[C@@H]1[C@H](O)[C@@H](COC(F)(F)F)O[C@H]1n1cnc2c(N[C@@H]3CCOC3)ncnc21. The zero-order chi connectivity index (χ0) is 19.9. The third-order valence-corrected chi connectivity index (χ3v) is 4.65. The highest BCUT2D eigenvalue weighted by Gasteiger charge is 2.46. The van der Waals surface area contributed by atoms with Gasteiger partial charge in [-0.05, 0) is 6.42 Å². The van der Waals surface area contributed by atoms with E-state index >= 15 is 0 Å². The van der Waals surface area contributed by atoms with Crippen LogP contribution < -0.4 is 5.32 Å². The van der Waals surface area contributed by atoms with Crippen molar-refractivity contribution in [3.8, 4) is 0 Å². The van der Waals surface area contributed by atoms with Crippen molar-refractivity contribution in [2.24, 2.45) is 0 Å². The number of imidazole rings is 1. The van der Waals surface area contributed by atoms with E-state index in [1.807, 2.05) is 0 Å². The Morgan fingerprint density at radius 3 is 2.79 bits per heavy atom. The lowest BCUT2D eigenvalue weighted by Gasteiger charge is -2.17. The van der Waals surface area contributed by atoms with Gasteiger partial charge in [-0.1, -0.05) is 0 Å². The van der Waals surface area contributed by atoms with Crippen LogP contribution in [0, 0.1) is 0 Å². The summed E-state index contributed by atoms with van der Waals surface area (Å²) < 4.78 is 52.5. The third kappa shape index (κ3) is 3.75. The number of halogens is 3. The number of anilines is 1. The van der Waals surface area contributed by atoms with Crippen molar-refractivity contribution in [3.63, 3.8) is 0 Å². The Hall–Kier alpha value is -2.06. The van der Waals surface area contributed by atoms with E-state index in [0.717, 1.165) is 6.42 Å². The zero-order valence-electron chi connectivity index (χ0n) is 14.4. The average Bonchev–Trinajstić information content (AvgIpc) is 3.35. The summed E-state index contributed by atoms with van der Waals surface area (Å²) >= 11 is 0. The van der Waals surface area contributed by atoms with E-state index in [9.17, 15) is 23.4 Å². The summed E-state index contributed by atoms with van der Waals surface area (Å²) in [5.74, 6) is 0.462. The molecule has 4 rings (SSSR count). The van der Waals surface area contributed by atoms with Crippen LogP contribution in [0.4, 0.5) is 19.0 Å². The smallest absolute Gasteiger partial charge is 0.387 e. The number of hydrogen-bond acceptors (Lipinski definition) is 9. The molecule has 28 heavy (non-hydrogen) atoms. The standard InChI is InChI=1S/C15H18F3N5O5/c16-15(17,18)27-4-8-10(24)11(25)14(28-8)23-6-21-9-12(19-5-20-13(9)23)22-7-1-2-26-3-7/h5-8,10-11,14,24-25H,1-4H2,(H,19,20,22)/t7-,8-,10-,11-,14-/m1/s1. The van der Waals surface area contributed by atoms with Gasteiger partial charge in [0.05, 0.1) is 25.6 Å². The molecule has 0 aliphatic carbocycles. The van der Waals surface area contributed by atoms with Gasteiger partial charge in [0, 0.05) is 6.61 Å². The fraction of sp³-hybridized carbons (Fsp3) is 0.667. The topological polar surface area (TPSA) is 124 Å². The van der Waals surface area contributed by atoms with E-state index in [0.29, 0.717) is 30.2 Å². The highest BCUT2D eigenvalue weighted by molar-refractivity contribution is 5.82. The first kappa shape index (κ1) is 19.3. The van der Waals surface area contributed by atoms with Gasteiger partial charge >= 0.3 is 6.36 Å². The second-order valence-corrected chi connectivity index (χ2v) is 6.55. The molecule has 0 unspecified atom stereocenters. The average molecular weight is 405 g/mol. The van der Waals surface area contributed by atoms with E-state index in [2.05, 4.69) is 25.0 Å². The van der Waals surface area contributed by atoms with Gasteiger partial charge in [0.25, 0.3) is 0 Å². The Kier molecular flexibility index (Phi) is 5.09. The number of aliphatic hydroxyl groups is 2. The van der Waals surface area contributed by atoms with Crippen molar-refractivity contribution in [3.05, 3.63) is 12.7 Å². The number of alkyl halides is 3. The number of aliphatic hydroxyl groups excluding tert-OH is 2. The third-order valence-electron chi connectivity index (χ3n) is 4.65. The molecule has 4 heterocycles. The first-order valence-electron chi connectivity index (χ1n) is 8.57. The van der Waals surface area contributed by atoms with Crippen molar-refractivity contribution < 1.29 is 37.6 Å². The normalized spacial score (nSPS) is 31.0. The van der Waals surface area contributed by atoms with Gasteiger partial charge in [-0.3, -0.25) is 9.30 Å². The summed E-state index contributed by atoms with van der Waals surface area (Å²) in [6, 6.07) is 0.0716. The highest BCUT2D eigenvalue weighted by Crippen LogP contribution is 2.33. The van der Waals surface area contributed by atoms with E-state index < -0.39 is 37.5 Å². The summed E-state index contributed by atoms with van der Waals surface area (Å²) in [7, 11) is 0. The maximum Gasteiger partial charge on any atom is 0.522 e. The van der Waals surface area contributed by atoms with Crippen molar-refractivity contribution >= 4 is 17.0 Å². The van der Waals surface area contributed by atoms with Gasteiger partial charge in [-0.15, -0.1) is 13.2 Å². The highest BCUT2D eigenvalue weighted by atomic mass is 19.4. The van der Waals surface area contributed by atoms with Crippen LogP contribution in [-0.2, 0) is 14.2 Å². The van der Waals surface area contributed by atoms with Crippen LogP contribution in [-0.4, -0.2) is 80.3 Å². The lowest BCUT2D eigenvalue weighted by Crippen LogP contribution is -2.35. The molecule has 2 aliphatic rings. The first-order chi connectivity index (χ1) is 13.3. The summed E-state index contributed by atoms with van der Waals surface area (Å²) in [6.07, 6.45) is -7.05. The van der Waals surface area contributed by atoms with E-state index in [1.165, 1.54) is 17.2 Å². The van der Waals surface area contributed by atoms with Gasteiger partial charge in [-0.25, -0.2) is 15.0 Å². The number of aromatic nitrogens is 4. The molecule has 0 bridgehead atoms. The van der Waals surface area contributed by atoms with Gasteiger partial charge < -0.3 is 25.0 Å². The predicted octanol–water partition coefficient (Wildman–Crippen LogP) is 0.183. The summed E-state index contributed by atoms with van der Waals surface area (Å²) in [5, 5.41) is 23.5. The molecule has 2 aromatic rings. The second kappa shape index (κ2) is 7.40. The van der Waals surface area contributed by atoms with Crippen molar-refractivity contribution in [1.82, 2.24) is 19.5 Å². The molecular weight excluding hydrogens is 387 g/mol. The van der Waals surface area contributed by atoms with Gasteiger partial charge in [0.15, 0.2) is 23.2 Å². The quantitative estimate of drug-likeness (QED) is 0.639. The Morgan fingerprint density at radius 1 is 1.25 bits per heavy atom. The molecule has 0 saturated carbocycles. The maximum atomic E-state index is 12.3. The molecule has 13 heteroatoms. The number of fused-ring (bicyclic) bond motifs is 1. The number of ether oxygens (including phenoxy) is 3. The summed E-state index contributed by atoms with van der Waals surface area (Å²) in [4.78, 5) is 12.5. The van der Waals surface area contributed by atoms with Crippen LogP contribution in [0.2, 0.25) is 0 Å². The minimum Gasteiger partial charge on any atom is -0.387 e. The van der Waals surface area contributed by atoms with E-state index in [4.69, 9.17) is 9.47 Å². The van der Waals surface area contributed by atoms with Crippen LogP contribution in [0.5, 0.6) is 0 Å². The van der Waals surface area contributed by atoms with E-state index in [1.54, 1.807) is 0 Å². The van der Waals surface area contributed by atoms with Crippen LogP contribution in [0.25, 0.3) is 11.2 Å². The van der Waals surface area contributed by atoms with Crippen LogP contribution in [0.15, 0.2) is 12.7 Å². The number of hydrogen-bond donors (Lipinski definition) is 3. The predicted molar refractivity (Wildman–Crippen MR) is 86.1 cm³/mol. The summed E-state index contributed by atoms with van der Waals surface area (Å²) in [5.41, 5.74) is 0.694. The minimum atomic E-state index is -4.87. The second-order valence-electron chi connectivity index (χ2n) is 6.55. The van der Waals surface area contributed by atoms with Crippen LogP contribution >= 0.6 is 0 Å². The maximum absolute atomic E-state index is 12.3. The molecule has 2 saturated heterocycles. The first-order valence-corrected chi connectivity index (χ1v) is 8.57. The molecule has 2 fully saturated rings. The van der Waals surface area contributed by atoms with Crippen molar-refractivity contribution in [1.29, 1.82) is 0 Å². The van der Waals surface area contributed by atoms with Gasteiger partial charge in [-0.2, -0.15) is 0 Å². The number of nitrogens with one attached hydrogen (secondary N) is 1. The molecule has 0 spiro atoms. The number of nitrogens with zero attached hydrogens (tertiary/aromatic N) is 4. The van der Waals surface area contributed by atoms with E-state index in [-0.39, 0.29) is 6.04 Å². The number of rotatable bonds is 5. The lowest BCUT2D eigenvalue weighted by atomic mass is 10.1. The van der Waals surface area contributed by atoms with Crippen LogP contribution in [0.1, 0.15) is 12.6 Å². The van der Waals surface area contributed by atoms with Crippen LogP contribution in [0.3, 0.4) is 0 Å². The monoisotopic (exact) mass is 405 g/mol. The molecule has 5 atom stereocenters. The fourth-order valence-electron chi connectivity index (χ4n) is 3.26. The fourth-order valence-corrected chi connectivity index (χ4v) is 3.26. The van der Waals surface area contributed by atoms with Gasteiger partial charge in [0.2, 0.25) is 0 Å². The molecule has 0 amide bonds. The molecule has 10 nitrogen and oxygen atoms in total. The Morgan fingerprint density at radius 2 is 2.07 bits per heavy atom. The Bertz CT molecular complexity index is 828. The molecule has 0 aromatic carbocycles. The van der Waals surface area contributed by atoms with Gasteiger partial charge in [0.1, 0.15) is 24.6 Å². The molecular formula is C15H18F3N5O5. The molecule has 2 aliphatic heterocycles. The molecule has 2 aromatic heterocycles. The summed E-state index contributed by atoms with van der Waals surface area (Å²) in [6.45, 7) is 0.222. The Labute approximate surface area is 156 Å². The zero-order valence-corrected chi connectivity index (χ0v) is 14.4. The molecule has 3 N–H and O–H groups in total. The van der Waals surface area contributed by atoms with Crippen molar-refractivity contribution in [2.75, 3.05) is 25.1 Å². The molecule has 0 radical (unpaired) electrons. The minimum absolute atomic E-state index is 0.0716. The lowest BCUT2D eigenvalue weighted by molar-refractivity contribution is -0.333. The molecule has 154 valence electrons. The Balaban J connectivity index is 1.55.